The van der Waals surface area contributed by atoms with Gasteiger partial charge in [-0.25, -0.2) is 5.10 Å². The number of nitrogens with one attached hydrogen (secondary N) is 2. The van der Waals surface area contributed by atoms with E-state index < -0.39 is 0 Å². The normalized spacial score (nSPS) is 27.1. The summed E-state index contributed by atoms with van der Waals surface area (Å²) in [7, 11) is 0. The Hall–Kier alpha value is -2.70. The zero-order chi connectivity index (χ0) is 20.2. The van der Waals surface area contributed by atoms with Gasteiger partial charge in [0.05, 0.1) is 0 Å². The SMILES string of the molecule is CCC1CC2(c3nnn[nH]3)CC(C2)N1C(=O)CC(C)c1c[nH]c2cccc(C)c12. The first kappa shape index (κ1) is 18.3. The molecule has 2 aromatic heterocycles. The van der Waals surface area contributed by atoms with Crippen molar-refractivity contribution in [3.05, 3.63) is 41.3 Å². The molecule has 4 heterocycles. The Labute approximate surface area is 170 Å². The van der Waals surface area contributed by atoms with E-state index in [1.54, 1.807) is 0 Å². The topological polar surface area (TPSA) is 90.6 Å². The van der Waals surface area contributed by atoms with Crippen LogP contribution in [0.5, 0.6) is 0 Å². The maximum atomic E-state index is 13.4. The number of amides is 1. The number of aromatic amines is 2. The molecule has 2 aliphatic heterocycles. The quantitative estimate of drug-likeness (QED) is 0.694. The second-order valence-electron chi connectivity index (χ2n) is 9.01. The number of aromatic nitrogens is 5. The van der Waals surface area contributed by atoms with Crippen molar-refractivity contribution >= 4 is 16.8 Å². The molecule has 2 N–H and O–H groups in total. The highest BCUT2D eigenvalue weighted by Gasteiger charge is 2.57. The zero-order valence-electron chi connectivity index (χ0n) is 17.3. The highest BCUT2D eigenvalue weighted by Crippen LogP contribution is 2.54. The summed E-state index contributed by atoms with van der Waals surface area (Å²) in [4.78, 5) is 18.9. The third-order valence-corrected chi connectivity index (χ3v) is 7.23. The number of piperidine rings is 2. The number of fused-ring (bicyclic) bond motifs is 3. The number of carbonyl (C=O) groups is 1. The maximum absolute atomic E-state index is 13.4. The second kappa shape index (κ2) is 6.68. The zero-order valence-corrected chi connectivity index (χ0v) is 17.3. The van der Waals surface area contributed by atoms with Crippen molar-refractivity contribution in [3.63, 3.8) is 0 Å². The third kappa shape index (κ3) is 2.78. The van der Waals surface area contributed by atoms with Crippen LogP contribution in [0.4, 0.5) is 0 Å². The van der Waals surface area contributed by atoms with Gasteiger partial charge in [0.1, 0.15) is 0 Å². The number of H-pyrrole nitrogens is 2. The Balaban J connectivity index is 1.34. The fourth-order valence-electron chi connectivity index (χ4n) is 5.74. The Bertz CT molecular complexity index is 1030. The lowest BCUT2D eigenvalue weighted by Gasteiger charge is -2.59. The van der Waals surface area contributed by atoms with Gasteiger partial charge in [-0.1, -0.05) is 26.0 Å². The number of benzene rings is 1. The average Bonchev–Trinajstić information content (AvgIpc) is 3.37. The van der Waals surface area contributed by atoms with Gasteiger partial charge >= 0.3 is 0 Å². The Morgan fingerprint density at radius 2 is 2.17 bits per heavy atom. The molecule has 2 atom stereocenters. The predicted molar refractivity (Wildman–Crippen MR) is 110 cm³/mol. The number of rotatable bonds is 5. The molecular formula is C22H28N6O. The van der Waals surface area contributed by atoms with Gasteiger partial charge in [-0.15, -0.1) is 5.10 Å². The fraction of sp³-hybridized carbons (Fsp3) is 0.545. The molecule has 3 aliphatic rings. The molecule has 1 aliphatic carbocycles. The molecule has 1 saturated carbocycles. The van der Waals surface area contributed by atoms with Crippen LogP contribution in [0.2, 0.25) is 0 Å². The predicted octanol–water partition coefficient (Wildman–Crippen LogP) is 3.59. The Morgan fingerprint density at radius 3 is 2.90 bits per heavy atom. The van der Waals surface area contributed by atoms with Gasteiger partial charge in [-0.3, -0.25) is 4.79 Å². The first-order valence-electron chi connectivity index (χ1n) is 10.6. The van der Waals surface area contributed by atoms with Crippen molar-refractivity contribution in [2.75, 3.05) is 0 Å². The van der Waals surface area contributed by atoms with Gasteiger partial charge in [0, 0.05) is 41.0 Å². The van der Waals surface area contributed by atoms with E-state index in [1.165, 1.54) is 16.5 Å². The molecule has 0 radical (unpaired) electrons. The molecule has 3 aromatic rings. The fourth-order valence-corrected chi connectivity index (χ4v) is 5.74. The minimum Gasteiger partial charge on any atom is -0.361 e. The summed E-state index contributed by atoms with van der Waals surface area (Å²) >= 11 is 0. The maximum Gasteiger partial charge on any atom is 0.223 e. The molecule has 2 unspecified atom stereocenters. The third-order valence-electron chi connectivity index (χ3n) is 7.23. The van der Waals surface area contributed by atoms with Gasteiger partial charge in [0.15, 0.2) is 5.82 Å². The number of carbonyl (C=O) groups excluding carboxylic acids is 1. The molecule has 7 heteroatoms. The summed E-state index contributed by atoms with van der Waals surface area (Å²) < 4.78 is 0. The summed E-state index contributed by atoms with van der Waals surface area (Å²) in [6.07, 6.45) is 6.47. The van der Waals surface area contributed by atoms with Crippen molar-refractivity contribution in [1.29, 1.82) is 0 Å². The van der Waals surface area contributed by atoms with Crippen LogP contribution in [0.25, 0.3) is 10.9 Å². The summed E-state index contributed by atoms with van der Waals surface area (Å²) in [6.45, 7) is 6.48. The lowest BCUT2D eigenvalue weighted by Crippen LogP contribution is -2.65. The number of tetrazole rings is 1. The van der Waals surface area contributed by atoms with E-state index in [0.717, 1.165) is 37.0 Å². The molecule has 7 nitrogen and oxygen atoms in total. The van der Waals surface area contributed by atoms with E-state index in [4.69, 9.17) is 0 Å². The number of hydrogen-bond donors (Lipinski definition) is 2. The second-order valence-corrected chi connectivity index (χ2v) is 9.01. The lowest BCUT2D eigenvalue weighted by atomic mass is 9.57. The van der Waals surface area contributed by atoms with Crippen molar-refractivity contribution in [1.82, 2.24) is 30.5 Å². The van der Waals surface area contributed by atoms with Crippen LogP contribution in [0.15, 0.2) is 24.4 Å². The molecule has 152 valence electrons. The van der Waals surface area contributed by atoms with E-state index in [9.17, 15) is 4.79 Å². The average molecular weight is 393 g/mol. The standard InChI is InChI=1S/C22H28N6O/c1-4-15-9-22(21-24-26-27-25-21)10-16(11-22)28(15)19(29)8-14(3)17-12-23-18-7-5-6-13(2)20(17)18/h5-7,12,14-16,23H,4,8-11H2,1-3H3,(H,24,25,26,27). The first-order chi connectivity index (χ1) is 14.0. The minimum absolute atomic E-state index is 0.0329. The van der Waals surface area contributed by atoms with Crippen LogP contribution in [0.3, 0.4) is 0 Å². The van der Waals surface area contributed by atoms with E-state index in [2.05, 4.69) is 75.7 Å². The molecule has 2 saturated heterocycles. The van der Waals surface area contributed by atoms with Crippen molar-refractivity contribution in [2.45, 2.75) is 76.3 Å². The molecule has 6 rings (SSSR count). The smallest absolute Gasteiger partial charge is 0.223 e. The number of aryl methyl sites for hydroxylation is 1. The van der Waals surface area contributed by atoms with Crippen molar-refractivity contribution in [3.8, 4) is 0 Å². The lowest BCUT2D eigenvalue weighted by molar-refractivity contribution is -0.150. The van der Waals surface area contributed by atoms with Gasteiger partial charge < -0.3 is 9.88 Å². The monoisotopic (exact) mass is 392 g/mol. The molecular weight excluding hydrogens is 364 g/mol. The van der Waals surface area contributed by atoms with Crippen LogP contribution in [-0.4, -0.2) is 48.5 Å². The van der Waals surface area contributed by atoms with E-state index in [-0.39, 0.29) is 23.3 Å². The molecule has 1 aromatic carbocycles. The van der Waals surface area contributed by atoms with Gasteiger partial charge in [-0.05, 0) is 66.1 Å². The van der Waals surface area contributed by atoms with E-state index in [0.29, 0.717) is 12.5 Å². The van der Waals surface area contributed by atoms with E-state index in [1.807, 2.05) is 0 Å². The Kier molecular flexibility index (Phi) is 4.22. The van der Waals surface area contributed by atoms with E-state index >= 15 is 0 Å². The highest BCUT2D eigenvalue weighted by molar-refractivity contribution is 5.88. The summed E-state index contributed by atoms with van der Waals surface area (Å²) in [6, 6.07) is 6.88. The molecule has 1 amide bonds. The summed E-state index contributed by atoms with van der Waals surface area (Å²) in [5.74, 6) is 1.35. The number of hydrogen-bond acceptors (Lipinski definition) is 4. The first-order valence-corrected chi connectivity index (χ1v) is 10.6. The number of nitrogens with zero attached hydrogens (tertiary/aromatic N) is 4. The van der Waals surface area contributed by atoms with Crippen molar-refractivity contribution in [2.24, 2.45) is 0 Å². The highest BCUT2D eigenvalue weighted by atomic mass is 16.2. The van der Waals surface area contributed by atoms with Crippen LogP contribution in [0, 0.1) is 6.92 Å². The van der Waals surface area contributed by atoms with Gasteiger partial charge in [-0.2, -0.15) is 0 Å². The van der Waals surface area contributed by atoms with Gasteiger partial charge in [0.25, 0.3) is 0 Å². The van der Waals surface area contributed by atoms with Crippen LogP contribution in [0.1, 0.15) is 68.8 Å². The summed E-state index contributed by atoms with van der Waals surface area (Å²) in [5, 5.41) is 16.0. The van der Waals surface area contributed by atoms with Crippen LogP contribution >= 0.6 is 0 Å². The molecule has 0 spiro atoms. The minimum atomic E-state index is 0.0329. The Morgan fingerprint density at radius 1 is 1.34 bits per heavy atom. The van der Waals surface area contributed by atoms with Gasteiger partial charge in [0.2, 0.25) is 5.91 Å². The molecule has 3 fully saturated rings. The molecule has 2 bridgehead atoms. The van der Waals surface area contributed by atoms with Crippen LogP contribution in [-0.2, 0) is 10.2 Å². The summed E-state index contributed by atoms with van der Waals surface area (Å²) in [5.41, 5.74) is 3.68. The van der Waals surface area contributed by atoms with Crippen LogP contribution < -0.4 is 0 Å². The molecule has 29 heavy (non-hydrogen) atoms. The largest absolute Gasteiger partial charge is 0.361 e. The van der Waals surface area contributed by atoms with Crippen molar-refractivity contribution < 1.29 is 4.79 Å².